The third kappa shape index (κ3) is 10.1. The zero-order valence-corrected chi connectivity index (χ0v) is 48.8. The molecule has 464 valence electrons. The minimum atomic E-state index is -2.89. The van der Waals surface area contributed by atoms with E-state index in [-0.39, 0.29) is 71.3 Å². The van der Waals surface area contributed by atoms with E-state index in [4.69, 9.17) is 34.3 Å². The summed E-state index contributed by atoms with van der Waals surface area (Å²) in [5.74, 6) is -15.3. The van der Waals surface area contributed by atoms with Crippen LogP contribution in [0, 0.1) is 23.7 Å². The number of primary amides is 1. The van der Waals surface area contributed by atoms with E-state index in [9.17, 15) is 69.6 Å². The van der Waals surface area contributed by atoms with Crippen LogP contribution in [0.2, 0.25) is 0 Å². The number of phenolic OH excluding ortho intramolecular Hbond substituents is 2. The number of aromatic nitrogens is 1. The van der Waals surface area contributed by atoms with Crippen molar-refractivity contribution in [3.63, 3.8) is 0 Å². The lowest BCUT2D eigenvalue weighted by atomic mass is 9.54. The van der Waals surface area contributed by atoms with Gasteiger partial charge in [-0.25, -0.2) is 4.79 Å². The number of amides is 1. The van der Waals surface area contributed by atoms with Crippen molar-refractivity contribution in [1.82, 2.24) is 15.0 Å². The highest BCUT2D eigenvalue weighted by Crippen LogP contribution is 2.60. The Morgan fingerprint density at radius 2 is 1.22 bits per heavy atom. The van der Waals surface area contributed by atoms with Crippen LogP contribution in [0.3, 0.4) is 0 Å². The predicted octanol–water partition coefficient (Wildman–Crippen LogP) is 4.77. The average molecular weight is 1210 g/mol. The fraction of sp³-hybridized carbons (Fsp3) is 0.391. The van der Waals surface area contributed by atoms with Crippen molar-refractivity contribution in [2.24, 2.45) is 29.4 Å². The lowest BCUT2D eigenvalue weighted by molar-refractivity contribution is -0.169. The summed E-state index contributed by atoms with van der Waals surface area (Å²) in [5.41, 5.74) is -0.0656. The fourth-order valence-electron chi connectivity index (χ4n) is 13.9. The standard InChI is InChI=1S/C37H34N2O10.C22H24N2O8.C5H10O2/c1-19-22-15-10-16-23(40)25(22)30(41)26-24(19)31(48-36(44)47-18-21-13-8-5-9-14-21)28-29(39(2)3)32-27(34(43)37(28,45)33(26)42)35(38-49-32)46-17-20-11-6-4-7-12-20;1-7-8-5-4-6-9(25)11(8)16(26)12-10(7)17(27)14-15(24(2)3)18(28)13(21(23)31)20(30)22(14,32)19(12)29;6-4-5-2-1-3-7-5/h4-16,19,24,28-29,31,40-41,45H,17-18H2,1-3H3;4-7,10,14-15,17,25-27,30,32H,1-3H3,(H2,23,31);5-6H,1-4H2/t19-,24+,28+,29-,31-,37-;7-,10+,14+,15-,17-,22-;/m00./s1. The molecule has 13 atom stereocenters. The van der Waals surface area contributed by atoms with Crippen LogP contribution in [0.25, 0.3) is 11.5 Å². The van der Waals surface area contributed by atoms with E-state index in [1.807, 2.05) is 36.4 Å². The highest BCUT2D eigenvalue weighted by Gasteiger charge is 2.72. The molecule has 0 bridgehead atoms. The van der Waals surface area contributed by atoms with Crippen LogP contribution in [0.4, 0.5) is 4.79 Å². The number of carbonyl (C=O) groups excluding carboxylic acids is 6. The van der Waals surface area contributed by atoms with Crippen LogP contribution in [-0.2, 0) is 46.6 Å². The number of Topliss-reactive ketones (excluding diaryl/α,β-unsaturated/α-hetero) is 4. The normalized spacial score (nSPS) is 29.2. The number of hydrogen-bond acceptors (Lipinski definition) is 23. The molecule has 4 aromatic carbocycles. The largest absolute Gasteiger partial charge is 0.508 e. The van der Waals surface area contributed by atoms with Gasteiger partial charge in [-0.2, -0.15) is 0 Å². The minimum Gasteiger partial charge on any atom is -0.508 e. The minimum absolute atomic E-state index is 0.00739. The molecule has 24 nitrogen and oxygen atoms in total. The molecule has 12 rings (SSSR count). The topological polar surface area (TPSA) is 380 Å². The van der Waals surface area contributed by atoms with Crippen molar-refractivity contribution >= 4 is 46.7 Å². The van der Waals surface area contributed by atoms with Crippen molar-refractivity contribution < 1.29 is 98.2 Å². The zero-order valence-electron chi connectivity index (χ0n) is 48.8. The molecular formula is C64H68N4O20. The van der Waals surface area contributed by atoms with Gasteiger partial charge in [0, 0.05) is 29.6 Å². The van der Waals surface area contributed by atoms with Crippen LogP contribution in [0.5, 0.6) is 17.4 Å². The molecule has 1 aromatic heterocycles. The van der Waals surface area contributed by atoms with E-state index >= 15 is 0 Å². The number of ketones is 4. The molecule has 11 N–H and O–H groups in total. The molecule has 1 amide bonds. The van der Waals surface area contributed by atoms with Crippen molar-refractivity contribution in [1.29, 1.82) is 0 Å². The number of nitrogens with zero attached hydrogens (tertiary/aromatic N) is 3. The number of benzene rings is 4. The molecule has 6 aliphatic carbocycles. The first-order valence-electron chi connectivity index (χ1n) is 28.5. The Kier molecular flexibility index (Phi) is 17.1. The summed E-state index contributed by atoms with van der Waals surface area (Å²) in [6.45, 7) is 4.34. The molecule has 0 radical (unpaired) electrons. The second kappa shape index (κ2) is 24.1. The summed E-state index contributed by atoms with van der Waals surface area (Å²) in [6, 6.07) is 24.8. The lowest BCUT2D eigenvalue weighted by Crippen LogP contribution is -2.70. The Hall–Kier alpha value is -8.75. The Morgan fingerprint density at radius 3 is 1.73 bits per heavy atom. The average Bonchev–Trinajstić information content (AvgIpc) is 0.753. The molecule has 5 aromatic rings. The number of phenols is 2. The number of aliphatic hydroxyl groups is 7. The third-order valence-corrected chi connectivity index (χ3v) is 18.0. The first-order chi connectivity index (χ1) is 41.8. The maximum Gasteiger partial charge on any atom is 0.508 e. The van der Waals surface area contributed by atoms with Gasteiger partial charge in [-0.3, -0.25) is 33.8 Å². The molecular weight excluding hydrogens is 1140 g/mol. The van der Waals surface area contributed by atoms with Gasteiger partial charge < -0.3 is 75.2 Å². The van der Waals surface area contributed by atoms with E-state index in [0.29, 0.717) is 16.7 Å². The molecule has 88 heavy (non-hydrogen) atoms. The predicted molar refractivity (Wildman–Crippen MR) is 309 cm³/mol. The van der Waals surface area contributed by atoms with Crippen molar-refractivity contribution in [3.05, 3.63) is 164 Å². The van der Waals surface area contributed by atoms with Crippen molar-refractivity contribution in [3.8, 4) is 17.4 Å². The molecule has 1 saturated heterocycles. The number of aliphatic hydroxyl groups excluding tert-OH is 5. The van der Waals surface area contributed by atoms with Crippen LogP contribution in [0.15, 0.2) is 124 Å². The molecule has 7 aliphatic rings. The monoisotopic (exact) mass is 1210 g/mol. The summed E-state index contributed by atoms with van der Waals surface area (Å²) >= 11 is 0. The number of ether oxygens (including phenoxy) is 4. The van der Waals surface area contributed by atoms with Crippen molar-refractivity contribution in [2.45, 2.75) is 93.3 Å². The maximum atomic E-state index is 14.7. The molecule has 1 aliphatic heterocycles. The fourth-order valence-corrected chi connectivity index (χ4v) is 13.9. The highest BCUT2D eigenvalue weighted by molar-refractivity contribution is 6.27. The number of rotatable bonds is 10. The number of carbonyl (C=O) groups is 6. The van der Waals surface area contributed by atoms with Gasteiger partial charge in [-0.1, -0.05) is 98.8 Å². The second-order valence-electron chi connectivity index (χ2n) is 23.4. The molecule has 2 saturated carbocycles. The summed E-state index contributed by atoms with van der Waals surface area (Å²) in [5, 5.41) is 102. The smallest absolute Gasteiger partial charge is 0.508 e. The summed E-state index contributed by atoms with van der Waals surface area (Å²) in [4.78, 5) is 84.3. The lowest BCUT2D eigenvalue weighted by Gasteiger charge is -2.53. The van der Waals surface area contributed by atoms with Crippen molar-refractivity contribution in [2.75, 3.05) is 41.4 Å². The van der Waals surface area contributed by atoms with Gasteiger partial charge in [0.05, 0.1) is 53.9 Å². The number of aromatic hydroxyl groups is 2. The van der Waals surface area contributed by atoms with Crippen LogP contribution in [0.1, 0.15) is 94.1 Å². The van der Waals surface area contributed by atoms with Crippen LogP contribution < -0.4 is 10.5 Å². The van der Waals surface area contributed by atoms with E-state index in [2.05, 4.69) is 5.16 Å². The van der Waals surface area contributed by atoms with Gasteiger partial charge in [-0.15, -0.1) is 0 Å². The van der Waals surface area contributed by atoms with E-state index in [1.165, 1.54) is 31.1 Å². The van der Waals surface area contributed by atoms with Gasteiger partial charge in [0.2, 0.25) is 17.3 Å². The highest BCUT2D eigenvalue weighted by atomic mass is 16.7. The summed E-state index contributed by atoms with van der Waals surface area (Å²) in [7, 11) is 6.24. The van der Waals surface area contributed by atoms with Gasteiger partial charge in [0.15, 0.2) is 22.7 Å². The van der Waals surface area contributed by atoms with Gasteiger partial charge in [0.25, 0.3) is 11.8 Å². The molecule has 3 fully saturated rings. The van der Waals surface area contributed by atoms with E-state index < -0.39 is 135 Å². The number of hydrogen-bond donors (Lipinski definition) is 10. The molecule has 1 unspecified atom stereocenters. The summed E-state index contributed by atoms with van der Waals surface area (Å²) in [6.07, 6.45) is -1.81. The van der Waals surface area contributed by atoms with Crippen LogP contribution in [-0.4, -0.2) is 173 Å². The maximum absolute atomic E-state index is 14.7. The Morgan fingerprint density at radius 1 is 0.682 bits per heavy atom. The van der Waals surface area contributed by atoms with Crippen LogP contribution >= 0.6 is 0 Å². The number of nitrogens with two attached hydrogens (primary N) is 1. The second-order valence-corrected chi connectivity index (χ2v) is 23.4. The Bertz CT molecular complexity index is 3700. The first-order valence-corrected chi connectivity index (χ1v) is 28.5. The number of fused-ring (bicyclic) bond motifs is 7. The Labute approximate surface area is 503 Å². The van der Waals surface area contributed by atoms with Gasteiger partial charge in [0.1, 0.15) is 59.2 Å². The zero-order chi connectivity index (χ0) is 63.6. The van der Waals surface area contributed by atoms with E-state index in [1.54, 1.807) is 81.4 Å². The third-order valence-electron chi connectivity index (χ3n) is 18.0. The molecule has 24 heteroatoms. The summed E-state index contributed by atoms with van der Waals surface area (Å²) < 4.78 is 28.2. The SMILES string of the molecule is C[C@H]1c2cccc(O)c2C(O)=C2C(=O)[C@]3(O)C(=O)c4c(OCc5ccccc5)noc4[C@@H](N(C)C)[C@@H]3[C@@H](OC(=O)OCc3ccccc3)[C@@H]21.C[C@H]1c2cccc(O)c2C(O)=C2C(=O)[C@]3(O)C(O)=C(C(N)=O)C(=O)[C@@H](N(C)C)[C@@H]3[C@@H](O)[C@@H]21.OCC1CCCO1. The van der Waals surface area contributed by atoms with E-state index in [0.717, 1.165) is 25.0 Å². The van der Waals surface area contributed by atoms with Gasteiger partial charge >= 0.3 is 6.16 Å². The number of likely N-dealkylation sites (N-methyl/N-ethyl adjacent to an activating group) is 1. The van der Waals surface area contributed by atoms with Gasteiger partial charge in [-0.05, 0) is 92.4 Å². The quantitative estimate of drug-likeness (QED) is 0.0511. The molecule has 2 heterocycles. The Balaban J connectivity index is 0.000000187. The first kappa shape index (κ1) is 62.3. The molecule has 0 spiro atoms.